The lowest BCUT2D eigenvalue weighted by Gasteiger charge is -2.12. The van der Waals surface area contributed by atoms with E-state index in [9.17, 15) is 36.5 Å². The molecule has 0 aromatic heterocycles. The van der Waals surface area contributed by atoms with Crippen molar-refractivity contribution in [1.82, 2.24) is 0 Å². The molecule has 0 radical (unpaired) electrons. The van der Waals surface area contributed by atoms with Gasteiger partial charge in [0.25, 0.3) is 5.69 Å². The molecule has 0 fully saturated rings. The molecule has 0 heterocycles. The van der Waals surface area contributed by atoms with E-state index in [1.807, 2.05) is 0 Å². The normalized spacial score (nSPS) is 12.6. The van der Waals surface area contributed by atoms with Gasteiger partial charge in [0.05, 0.1) is 15.5 Å². The van der Waals surface area contributed by atoms with Gasteiger partial charge in [0.1, 0.15) is 0 Å². The highest BCUT2D eigenvalue weighted by atomic mass is 35.5. The highest BCUT2D eigenvalue weighted by Gasteiger charge is 2.43. The standard InChI is InChI=1S/C8H2ClF6NO2/c9-4-1-3(7(10,11)12)2-5(16(17)18)6(4)8(13,14)15/h1-2H. The second-order valence-corrected chi connectivity index (χ2v) is 3.51. The molecular formula is C8H2ClF6NO2. The first-order chi connectivity index (χ1) is 7.94. The summed E-state index contributed by atoms with van der Waals surface area (Å²) in [6, 6.07) is -0.202. The second kappa shape index (κ2) is 4.30. The van der Waals surface area contributed by atoms with E-state index in [2.05, 4.69) is 0 Å². The predicted molar refractivity (Wildman–Crippen MR) is 48.1 cm³/mol. The molecule has 18 heavy (non-hydrogen) atoms. The molecule has 0 spiro atoms. The van der Waals surface area contributed by atoms with Crippen molar-refractivity contribution in [2.75, 3.05) is 0 Å². The Hall–Kier alpha value is -1.51. The van der Waals surface area contributed by atoms with E-state index in [0.29, 0.717) is 0 Å². The van der Waals surface area contributed by atoms with Crippen LogP contribution in [0.3, 0.4) is 0 Å². The molecule has 1 aromatic rings. The zero-order valence-electron chi connectivity index (χ0n) is 8.06. The Morgan fingerprint density at radius 2 is 1.56 bits per heavy atom. The third-order valence-electron chi connectivity index (χ3n) is 1.88. The first-order valence-corrected chi connectivity index (χ1v) is 4.44. The fraction of sp³-hybridized carbons (Fsp3) is 0.250. The molecule has 3 nitrogen and oxygen atoms in total. The molecule has 1 aromatic carbocycles. The minimum Gasteiger partial charge on any atom is -0.258 e. The minimum absolute atomic E-state index is 0.00260. The van der Waals surface area contributed by atoms with Crippen molar-refractivity contribution in [3.63, 3.8) is 0 Å². The van der Waals surface area contributed by atoms with Crippen LogP contribution in [0.15, 0.2) is 12.1 Å². The van der Waals surface area contributed by atoms with Crippen LogP contribution in [0, 0.1) is 10.1 Å². The summed E-state index contributed by atoms with van der Waals surface area (Å²) in [5.74, 6) is 0. The predicted octanol–water partition coefficient (Wildman–Crippen LogP) is 4.29. The van der Waals surface area contributed by atoms with Crippen molar-refractivity contribution < 1.29 is 31.3 Å². The lowest BCUT2D eigenvalue weighted by molar-refractivity contribution is -0.388. The van der Waals surface area contributed by atoms with Gasteiger partial charge in [-0.3, -0.25) is 10.1 Å². The molecule has 0 saturated carbocycles. The molecule has 0 amide bonds. The fourth-order valence-electron chi connectivity index (χ4n) is 1.18. The Balaban J connectivity index is 3.62. The summed E-state index contributed by atoms with van der Waals surface area (Å²) in [6.07, 6.45) is -10.2. The van der Waals surface area contributed by atoms with Gasteiger partial charge in [-0.2, -0.15) is 26.3 Å². The summed E-state index contributed by atoms with van der Waals surface area (Å²) >= 11 is 5.04. The third kappa shape index (κ3) is 2.84. The SMILES string of the molecule is O=[N+]([O-])c1cc(C(F)(F)F)cc(Cl)c1C(F)(F)F. The van der Waals surface area contributed by atoms with Gasteiger partial charge in [-0.25, -0.2) is 0 Å². The largest absolute Gasteiger partial charge is 0.424 e. The van der Waals surface area contributed by atoms with E-state index < -0.39 is 39.1 Å². The van der Waals surface area contributed by atoms with E-state index in [0.717, 1.165) is 0 Å². The maximum Gasteiger partial charge on any atom is 0.424 e. The molecular weight excluding hydrogens is 292 g/mol. The van der Waals surface area contributed by atoms with E-state index in [1.54, 1.807) is 0 Å². The highest BCUT2D eigenvalue weighted by Crippen LogP contribution is 2.44. The van der Waals surface area contributed by atoms with Crippen LogP contribution in [0.25, 0.3) is 0 Å². The van der Waals surface area contributed by atoms with Gasteiger partial charge >= 0.3 is 12.4 Å². The Labute approximate surface area is 100 Å². The number of hydrogen-bond donors (Lipinski definition) is 0. The van der Waals surface area contributed by atoms with Crippen molar-refractivity contribution >= 4 is 17.3 Å². The number of nitro groups is 1. The summed E-state index contributed by atoms with van der Waals surface area (Å²) in [7, 11) is 0. The van der Waals surface area contributed by atoms with Crippen molar-refractivity contribution in [3.8, 4) is 0 Å². The minimum atomic E-state index is -5.22. The zero-order chi connectivity index (χ0) is 14.3. The number of hydrogen-bond acceptors (Lipinski definition) is 2. The molecule has 0 aliphatic carbocycles. The number of nitro benzene ring substituents is 1. The van der Waals surface area contributed by atoms with Crippen molar-refractivity contribution in [2.24, 2.45) is 0 Å². The summed E-state index contributed by atoms with van der Waals surface area (Å²) in [4.78, 5) is 8.81. The van der Waals surface area contributed by atoms with Gasteiger partial charge in [0.2, 0.25) is 0 Å². The number of benzene rings is 1. The van der Waals surface area contributed by atoms with Gasteiger partial charge < -0.3 is 0 Å². The lowest BCUT2D eigenvalue weighted by Crippen LogP contribution is -2.13. The fourth-order valence-corrected chi connectivity index (χ4v) is 1.50. The average Bonchev–Trinajstić information content (AvgIpc) is 2.12. The molecule has 0 aliphatic rings. The van der Waals surface area contributed by atoms with Gasteiger partial charge in [-0.15, -0.1) is 0 Å². The third-order valence-corrected chi connectivity index (χ3v) is 2.18. The molecule has 1 rings (SSSR count). The van der Waals surface area contributed by atoms with Gasteiger partial charge in [0, 0.05) is 6.07 Å². The zero-order valence-corrected chi connectivity index (χ0v) is 8.82. The Bertz CT molecular complexity index is 496. The van der Waals surface area contributed by atoms with E-state index in [-0.39, 0.29) is 12.1 Å². The molecule has 0 aliphatic heterocycles. The number of nitrogens with zero attached hydrogens (tertiary/aromatic N) is 1. The van der Waals surface area contributed by atoms with E-state index in [1.165, 1.54) is 0 Å². The number of alkyl halides is 6. The molecule has 100 valence electrons. The topological polar surface area (TPSA) is 43.1 Å². The van der Waals surface area contributed by atoms with Crippen LogP contribution in [0.1, 0.15) is 11.1 Å². The van der Waals surface area contributed by atoms with Crippen LogP contribution in [0.4, 0.5) is 32.0 Å². The monoisotopic (exact) mass is 293 g/mol. The van der Waals surface area contributed by atoms with Crippen LogP contribution < -0.4 is 0 Å². The van der Waals surface area contributed by atoms with Crippen LogP contribution in [-0.2, 0) is 12.4 Å². The maximum atomic E-state index is 12.4. The van der Waals surface area contributed by atoms with Gasteiger partial charge in [-0.05, 0) is 6.07 Å². The first kappa shape index (κ1) is 14.6. The Morgan fingerprint density at radius 1 is 1.06 bits per heavy atom. The van der Waals surface area contributed by atoms with Crippen LogP contribution in [-0.4, -0.2) is 4.92 Å². The smallest absolute Gasteiger partial charge is 0.258 e. The average molecular weight is 294 g/mol. The summed E-state index contributed by atoms with van der Waals surface area (Å²) in [6.45, 7) is 0. The Morgan fingerprint density at radius 3 is 1.89 bits per heavy atom. The quantitative estimate of drug-likeness (QED) is 0.440. The van der Waals surface area contributed by atoms with Crippen LogP contribution in [0.2, 0.25) is 5.02 Å². The van der Waals surface area contributed by atoms with Gasteiger partial charge in [0.15, 0.2) is 5.56 Å². The lowest BCUT2D eigenvalue weighted by atomic mass is 10.1. The molecule has 0 atom stereocenters. The van der Waals surface area contributed by atoms with Crippen molar-refractivity contribution in [1.29, 1.82) is 0 Å². The molecule has 0 N–H and O–H groups in total. The number of rotatable bonds is 1. The van der Waals surface area contributed by atoms with E-state index in [4.69, 9.17) is 11.6 Å². The summed E-state index contributed by atoms with van der Waals surface area (Å²) in [5, 5.41) is 9.01. The summed E-state index contributed by atoms with van der Waals surface area (Å²) < 4.78 is 74.1. The second-order valence-electron chi connectivity index (χ2n) is 3.10. The first-order valence-electron chi connectivity index (χ1n) is 4.07. The van der Waals surface area contributed by atoms with Crippen molar-refractivity contribution in [3.05, 3.63) is 38.4 Å². The van der Waals surface area contributed by atoms with Crippen molar-refractivity contribution in [2.45, 2.75) is 12.4 Å². The summed E-state index contributed by atoms with van der Waals surface area (Å²) in [5.41, 5.74) is -5.25. The highest BCUT2D eigenvalue weighted by molar-refractivity contribution is 6.31. The van der Waals surface area contributed by atoms with E-state index >= 15 is 0 Å². The number of halogens is 7. The van der Waals surface area contributed by atoms with Crippen LogP contribution in [0.5, 0.6) is 0 Å². The van der Waals surface area contributed by atoms with Crippen LogP contribution >= 0.6 is 11.6 Å². The van der Waals surface area contributed by atoms with Gasteiger partial charge in [-0.1, -0.05) is 11.6 Å². The molecule has 0 saturated heterocycles. The molecule has 0 unspecified atom stereocenters. The molecule has 0 bridgehead atoms. The molecule has 10 heteroatoms. The maximum absolute atomic E-state index is 12.4. The Kier molecular flexibility index (Phi) is 3.48.